The van der Waals surface area contributed by atoms with Crippen LogP contribution in [0.5, 0.6) is 11.5 Å². The second-order valence-corrected chi connectivity index (χ2v) is 5.39. The number of aliphatic carboxylic acids is 1. The first-order valence-corrected chi connectivity index (χ1v) is 7.58. The Hall–Kier alpha value is -3.41. The number of phenols is 1. The number of aromatic hydroxyl groups is 1. The summed E-state index contributed by atoms with van der Waals surface area (Å²) in [5, 5.41) is 19.3. The largest absolute Gasteiger partial charge is 0.507 e. The van der Waals surface area contributed by atoms with Gasteiger partial charge in [-0.3, -0.25) is 4.79 Å². The molecule has 0 atom stereocenters. The number of benzene rings is 2. The Morgan fingerprint density at radius 3 is 2.64 bits per heavy atom. The highest BCUT2D eigenvalue weighted by Crippen LogP contribution is 2.38. The van der Waals surface area contributed by atoms with Crippen molar-refractivity contribution < 1.29 is 24.5 Å². The molecule has 6 heteroatoms. The van der Waals surface area contributed by atoms with E-state index in [4.69, 9.17) is 14.6 Å². The van der Waals surface area contributed by atoms with Gasteiger partial charge >= 0.3 is 5.97 Å². The first-order chi connectivity index (χ1) is 12.1. The molecule has 0 spiro atoms. The number of carboxylic acid groups (broad SMARTS) is 1. The molecule has 6 nitrogen and oxygen atoms in total. The minimum atomic E-state index is -0.951. The van der Waals surface area contributed by atoms with E-state index in [0.29, 0.717) is 22.6 Å². The molecule has 0 unspecified atom stereocenters. The predicted molar refractivity (Wildman–Crippen MR) is 92.6 cm³/mol. The van der Waals surface area contributed by atoms with Gasteiger partial charge in [0.15, 0.2) is 5.76 Å². The molecule has 0 aliphatic carbocycles. The van der Waals surface area contributed by atoms with Gasteiger partial charge in [0.1, 0.15) is 24.3 Å². The maximum atomic E-state index is 10.9. The third-order valence-electron chi connectivity index (χ3n) is 3.73. The smallest absolute Gasteiger partial charge is 0.323 e. The molecule has 25 heavy (non-hydrogen) atoms. The summed E-state index contributed by atoms with van der Waals surface area (Å²) in [6.07, 6.45) is 4.55. The van der Waals surface area contributed by atoms with Crippen molar-refractivity contribution in [3.63, 3.8) is 0 Å². The van der Waals surface area contributed by atoms with Crippen molar-refractivity contribution in [2.24, 2.45) is 0 Å². The predicted octanol–water partition coefficient (Wildman–Crippen LogP) is 3.25. The molecular weight excluding hydrogens is 322 g/mol. The lowest BCUT2D eigenvalue weighted by Crippen LogP contribution is -2.21. The number of hydrogen-bond acceptors (Lipinski definition) is 5. The minimum absolute atomic E-state index is 0.103. The van der Waals surface area contributed by atoms with Gasteiger partial charge < -0.3 is 24.6 Å². The Bertz CT molecular complexity index is 839. The van der Waals surface area contributed by atoms with Crippen molar-refractivity contribution in [1.29, 1.82) is 0 Å². The van der Waals surface area contributed by atoms with Crippen LogP contribution in [0.3, 0.4) is 0 Å². The van der Waals surface area contributed by atoms with E-state index < -0.39 is 5.97 Å². The maximum Gasteiger partial charge on any atom is 0.323 e. The summed E-state index contributed by atoms with van der Waals surface area (Å²) in [6.45, 7) is -0.181. The monoisotopic (exact) mass is 339 g/mol. The fraction of sp³-hybridized carbons (Fsp3) is 0.105. The van der Waals surface area contributed by atoms with E-state index in [2.05, 4.69) is 0 Å². The Kier molecular flexibility index (Phi) is 4.61. The molecule has 1 aliphatic heterocycles. The standard InChI is InChI=1S/C19H17NO5/c1-24-14-7-5-13(6-8-14)19-15(3-2-4-16(19)21)17-11-20(9-10-25-17)12-18(22)23/h2-11,21H,12H2,1H3,(H,22,23). The first kappa shape index (κ1) is 16.4. The number of carbonyl (C=O) groups is 1. The van der Waals surface area contributed by atoms with Crippen LogP contribution in [0.2, 0.25) is 0 Å². The van der Waals surface area contributed by atoms with E-state index >= 15 is 0 Å². The molecule has 0 aromatic heterocycles. The molecule has 2 aromatic carbocycles. The third kappa shape index (κ3) is 3.58. The molecule has 128 valence electrons. The Balaban J connectivity index is 2.03. The number of nitrogens with zero attached hydrogens (tertiary/aromatic N) is 1. The van der Waals surface area contributed by atoms with E-state index in [1.165, 1.54) is 17.4 Å². The third-order valence-corrected chi connectivity index (χ3v) is 3.73. The average Bonchev–Trinajstić information content (AvgIpc) is 2.61. The molecule has 0 saturated carbocycles. The lowest BCUT2D eigenvalue weighted by molar-refractivity contribution is -0.137. The molecule has 0 saturated heterocycles. The average molecular weight is 339 g/mol. The van der Waals surface area contributed by atoms with Gasteiger partial charge in [0.25, 0.3) is 0 Å². The van der Waals surface area contributed by atoms with E-state index in [-0.39, 0.29) is 12.3 Å². The van der Waals surface area contributed by atoms with Crippen LogP contribution in [0.1, 0.15) is 5.56 Å². The van der Waals surface area contributed by atoms with Gasteiger partial charge in [-0.1, -0.05) is 24.3 Å². The van der Waals surface area contributed by atoms with Crippen molar-refractivity contribution >= 4 is 11.7 Å². The van der Waals surface area contributed by atoms with Crippen LogP contribution in [-0.2, 0) is 9.53 Å². The summed E-state index contributed by atoms with van der Waals surface area (Å²) in [5.74, 6) is 0.315. The topological polar surface area (TPSA) is 79.2 Å². The van der Waals surface area contributed by atoms with Crippen molar-refractivity contribution in [3.05, 3.63) is 66.7 Å². The zero-order valence-electron chi connectivity index (χ0n) is 13.5. The fourth-order valence-corrected chi connectivity index (χ4v) is 2.60. The number of hydrogen-bond donors (Lipinski definition) is 2. The van der Waals surface area contributed by atoms with Crippen molar-refractivity contribution in [2.45, 2.75) is 0 Å². The quantitative estimate of drug-likeness (QED) is 0.870. The molecule has 0 amide bonds. The van der Waals surface area contributed by atoms with Crippen molar-refractivity contribution in [3.8, 4) is 22.6 Å². The lowest BCUT2D eigenvalue weighted by Gasteiger charge is -2.21. The van der Waals surface area contributed by atoms with Gasteiger partial charge in [0.2, 0.25) is 0 Å². The summed E-state index contributed by atoms with van der Waals surface area (Å²) >= 11 is 0. The second kappa shape index (κ2) is 7.00. The van der Waals surface area contributed by atoms with Crippen LogP contribution < -0.4 is 4.74 Å². The molecule has 2 N–H and O–H groups in total. The highest BCUT2D eigenvalue weighted by Gasteiger charge is 2.18. The molecule has 0 radical (unpaired) electrons. The van der Waals surface area contributed by atoms with Crippen LogP contribution in [0, 0.1) is 0 Å². The van der Waals surface area contributed by atoms with Crippen LogP contribution >= 0.6 is 0 Å². The van der Waals surface area contributed by atoms with Gasteiger partial charge in [-0.15, -0.1) is 0 Å². The van der Waals surface area contributed by atoms with E-state index in [1.807, 2.05) is 18.2 Å². The zero-order valence-corrected chi connectivity index (χ0v) is 13.5. The van der Waals surface area contributed by atoms with E-state index in [9.17, 15) is 9.90 Å². The molecular formula is C19H17NO5. The Labute approximate surface area is 144 Å². The summed E-state index contributed by atoms with van der Waals surface area (Å²) in [7, 11) is 1.59. The molecule has 1 aliphatic rings. The van der Waals surface area contributed by atoms with E-state index in [0.717, 1.165) is 5.56 Å². The highest BCUT2D eigenvalue weighted by molar-refractivity contribution is 5.83. The van der Waals surface area contributed by atoms with E-state index in [1.54, 1.807) is 37.6 Å². The lowest BCUT2D eigenvalue weighted by atomic mass is 9.97. The van der Waals surface area contributed by atoms with Gasteiger partial charge in [-0.2, -0.15) is 0 Å². The van der Waals surface area contributed by atoms with Crippen LogP contribution in [-0.4, -0.2) is 34.7 Å². The van der Waals surface area contributed by atoms with Crippen molar-refractivity contribution in [1.82, 2.24) is 4.90 Å². The summed E-state index contributed by atoms with van der Waals surface area (Å²) in [4.78, 5) is 12.4. The molecule has 0 bridgehead atoms. The van der Waals surface area contributed by atoms with Gasteiger partial charge in [0, 0.05) is 23.5 Å². The Morgan fingerprint density at radius 1 is 1.20 bits per heavy atom. The molecule has 2 aromatic rings. The van der Waals surface area contributed by atoms with Gasteiger partial charge in [-0.25, -0.2) is 0 Å². The maximum absolute atomic E-state index is 10.9. The minimum Gasteiger partial charge on any atom is -0.507 e. The first-order valence-electron chi connectivity index (χ1n) is 7.58. The van der Waals surface area contributed by atoms with Crippen LogP contribution in [0.15, 0.2) is 61.1 Å². The molecule has 0 fully saturated rings. The fourth-order valence-electron chi connectivity index (χ4n) is 2.60. The van der Waals surface area contributed by atoms with Gasteiger partial charge in [0.05, 0.1) is 7.11 Å². The van der Waals surface area contributed by atoms with Crippen LogP contribution in [0.4, 0.5) is 0 Å². The number of methoxy groups -OCH3 is 1. The summed E-state index contributed by atoms with van der Waals surface area (Å²) in [6, 6.07) is 12.4. The number of ether oxygens (including phenoxy) is 2. The summed E-state index contributed by atoms with van der Waals surface area (Å²) in [5.41, 5.74) is 2.05. The Morgan fingerprint density at radius 2 is 1.96 bits per heavy atom. The second-order valence-electron chi connectivity index (χ2n) is 5.39. The van der Waals surface area contributed by atoms with Crippen molar-refractivity contribution in [2.75, 3.05) is 13.7 Å². The molecule has 1 heterocycles. The summed E-state index contributed by atoms with van der Waals surface area (Å²) < 4.78 is 10.7. The number of rotatable bonds is 5. The normalized spacial score (nSPS) is 13.2. The van der Waals surface area contributed by atoms with Gasteiger partial charge in [-0.05, 0) is 23.8 Å². The number of phenolic OH excluding ortho intramolecular Hbond substituents is 1. The SMILES string of the molecule is COc1ccc(-c2c(O)cccc2C2=CN(CC(=O)O)C=CO2)cc1. The van der Waals surface area contributed by atoms with Crippen LogP contribution in [0.25, 0.3) is 16.9 Å². The number of carboxylic acids is 1. The molecule has 3 rings (SSSR count). The highest BCUT2D eigenvalue weighted by atomic mass is 16.5. The zero-order chi connectivity index (χ0) is 17.8.